The average Bonchev–Trinajstić information content (AvgIpc) is 2.98. The van der Waals surface area contributed by atoms with Crippen molar-refractivity contribution in [2.75, 3.05) is 12.1 Å². The molecule has 0 aliphatic carbocycles. The van der Waals surface area contributed by atoms with Gasteiger partial charge in [-0.15, -0.1) is 0 Å². The van der Waals surface area contributed by atoms with E-state index in [1.165, 1.54) is 0 Å². The summed E-state index contributed by atoms with van der Waals surface area (Å²) in [5.74, 6) is 1.28. The molecule has 0 saturated carbocycles. The number of carbonyl (C=O) groups excluding carboxylic acids is 1. The summed E-state index contributed by atoms with van der Waals surface area (Å²) in [5, 5.41) is 3.62. The lowest BCUT2D eigenvalue weighted by Gasteiger charge is -2.16. The van der Waals surface area contributed by atoms with Gasteiger partial charge in [0.1, 0.15) is 5.75 Å². The van der Waals surface area contributed by atoms with Crippen molar-refractivity contribution in [3.8, 4) is 17.2 Å². The predicted molar refractivity (Wildman–Crippen MR) is 87.7 cm³/mol. The zero-order chi connectivity index (χ0) is 16.4. The fourth-order valence-electron chi connectivity index (χ4n) is 2.03. The molecule has 1 N–H and O–H groups in total. The minimum atomic E-state index is -0.753. The van der Waals surface area contributed by atoms with Crippen molar-refractivity contribution in [2.45, 2.75) is 13.0 Å². The molecular formula is C16H13Cl2NO4. The minimum absolute atomic E-state index is 0.180. The number of benzene rings is 2. The molecule has 1 aliphatic rings. The molecule has 1 amide bonds. The van der Waals surface area contributed by atoms with Crippen molar-refractivity contribution in [2.24, 2.45) is 0 Å². The maximum absolute atomic E-state index is 12.2. The van der Waals surface area contributed by atoms with Crippen LogP contribution >= 0.6 is 23.2 Å². The van der Waals surface area contributed by atoms with Crippen LogP contribution in [0.2, 0.25) is 10.0 Å². The number of carbonyl (C=O) groups is 1. The van der Waals surface area contributed by atoms with Gasteiger partial charge in [-0.3, -0.25) is 4.79 Å². The smallest absolute Gasteiger partial charge is 0.265 e. The lowest BCUT2D eigenvalue weighted by molar-refractivity contribution is -0.122. The maximum atomic E-state index is 12.2. The van der Waals surface area contributed by atoms with Crippen molar-refractivity contribution >= 4 is 34.8 Å². The summed E-state index contributed by atoms with van der Waals surface area (Å²) in [7, 11) is 0. The first-order valence-corrected chi connectivity index (χ1v) is 7.61. The van der Waals surface area contributed by atoms with Crippen LogP contribution in [0.3, 0.4) is 0 Å². The van der Waals surface area contributed by atoms with E-state index in [-0.39, 0.29) is 12.7 Å². The molecule has 3 rings (SSSR count). The second-order valence-corrected chi connectivity index (χ2v) is 5.74. The third-order valence-corrected chi connectivity index (χ3v) is 3.75. The van der Waals surface area contributed by atoms with Crippen LogP contribution in [-0.2, 0) is 4.79 Å². The van der Waals surface area contributed by atoms with E-state index in [9.17, 15) is 4.79 Å². The molecular weight excluding hydrogens is 341 g/mol. The first kappa shape index (κ1) is 15.8. The van der Waals surface area contributed by atoms with E-state index in [0.717, 1.165) is 0 Å². The van der Waals surface area contributed by atoms with Gasteiger partial charge in [-0.25, -0.2) is 0 Å². The van der Waals surface area contributed by atoms with Crippen LogP contribution < -0.4 is 19.5 Å². The molecule has 23 heavy (non-hydrogen) atoms. The number of nitrogens with one attached hydrogen (secondary N) is 1. The van der Waals surface area contributed by atoms with Gasteiger partial charge >= 0.3 is 0 Å². The van der Waals surface area contributed by atoms with Crippen molar-refractivity contribution in [3.63, 3.8) is 0 Å². The third kappa shape index (κ3) is 3.63. The Morgan fingerprint density at radius 2 is 1.96 bits per heavy atom. The molecule has 0 aromatic heterocycles. The van der Waals surface area contributed by atoms with E-state index in [1.807, 2.05) is 0 Å². The summed E-state index contributed by atoms with van der Waals surface area (Å²) >= 11 is 11.9. The molecule has 0 fully saturated rings. The molecule has 2 aromatic carbocycles. The molecule has 0 unspecified atom stereocenters. The number of anilines is 1. The van der Waals surface area contributed by atoms with Gasteiger partial charge in [0, 0.05) is 22.8 Å². The van der Waals surface area contributed by atoms with Gasteiger partial charge in [-0.05, 0) is 31.2 Å². The van der Waals surface area contributed by atoms with Gasteiger partial charge in [0.25, 0.3) is 5.91 Å². The topological polar surface area (TPSA) is 56.8 Å². The Kier molecular flexibility index (Phi) is 4.50. The number of ether oxygens (including phenoxy) is 3. The van der Waals surface area contributed by atoms with Gasteiger partial charge < -0.3 is 19.5 Å². The molecule has 0 saturated heterocycles. The van der Waals surface area contributed by atoms with Crippen LogP contribution in [0.4, 0.5) is 5.69 Å². The molecule has 1 heterocycles. The average molecular weight is 354 g/mol. The molecule has 0 bridgehead atoms. The first-order valence-electron chi connectivity index (χ1n) is 6.85. The molecule has 0 radical (unpaired) electrons. The van der Waals surface area contributed by atoms with Crippen LogP contribution in [0, 0.1) is 0 Å². The Balaban J connectivity index is 1.67. The zero-order valence-corrected chi connectivity index (χ0v) is 13.6. The van der Waals surface area contributed by atoms with E-state index in [2.05, 4.69) is 5.32 Å². The largest absolute Gasteiger partial charge is 0.479 e. The van der Waals surface area contributed by atoms with Gasteiger partial charge in [0.05, 0.1) is 5.02 Å². The Hall–Kier alpha value is -2.11. The van der Waals surface area contributed by atoms with Crippen LogP contribution in [0.5, 0.6) is 17.2 Å². The lowest BCUT2D eigenvalue weighted by Crippen LogP contribution is -2.30. The third-order valence-electron chi connectivity index (χ3n) is 3.21. The van der Waals surface area contributed by atoms with E-state index in [0.29, 0.717) is 33.0 Å². The van der Waals surface area contributed by atoms with Crippen LogP contribution in [-0.4, -0.2) is 18.8 Å². The Bertz CT molecular complexity index is 751. The van der Waals surface area contributed by atoms with Crippen LogP contribution in [0.15, 0.2) is 36.4 Å². The standard InChI is InChI=1S/C16H13Cl2NO4/c1-9(23-14-6-10(17)2-4-12(14)18)16(20)19-11-3-5-13-15(7-11)22-8-21-13/h2-7,9H,8H2,1H3,(H,19,20)/t9-/m1/s1. The highest BCUT2D eigenvalue weighted by Gasteiger charge is 2.19. The summed E-state index contributed by atoms with van der Waals surface area (Å²) in [6.45, 7) is 1.80. The molecule has 0 spiro atoms. The fraction of sp³-hybridized carbons (Fsp3) is 0.188. The Labute approximate surface area is 143 Å². The summed E-state index contributed by atoms with van der Waals surface area (Å²) in [5.41, 5.74) is 0.590. The normalized spacial score (nSPS) is 13.5. The second-order valence-electron chi connectivity index (χ2n) is 4.89. The van der Waals surface area contributed by atoms with Gasteiger partial charge in [0.2, 0.25) is 6.79 Å². The summed E-state index contributed by atoms with van der Waals surface area (Å²) in [6.07, 6.45) is -0.753. The van der Waals surface area contributed by atoms with Gasteiger partial charge in [-0.2, -0.15) is 0 Å². The Morgan fingerprint density at radius 1 is 1.17 bits per heavy atom. The summed E-state index contributed by atoms with van der Waals surface area (Å²) in [6, 6.07) is 9.98. The van der Waals surface area contributed by atoms with Crippen molar-refractivity contribution in [1.29, 1.82) is 0 Å². The number of halogens is 2. The van der Waals surface area contributed by atoms with Crippen molar-refractivity contribution in [3.05, 3.63) is 46.4 Å². The second kappa shape index (κ2) is 6.56. The highest BCUT2D eigenvalue weighted by atomic mass is 35.5. The van der Waals surface area contributed by atoms with Crippen LogP contribution in [0.25, 0.3) is 0 Å². The zero-order valence-electron chi connectivity index (χ0n) is 12.1. The molecule has 5 nitrogen and oxygen atoms in total. The van der Waals surface area contributed by atoms with E-state index < -0.39 is 6.10 Å². The molecule has 120 valence electrons. The molecule has 2 aromatic rings. The number of amides is 1. The minimum Gasteiger partial charge on any atom is -0.479 e. The molecule has 1 aliphatic heterocycles. The number of hydrogen-bond donors (Lipinski definition) is 1. The first-order chi connectivity index (χ1) is 11.0. The van der Waals surface area contributed by atoms with E-state index >= 15 is 0 Å². The highest BCUT2D eigenvalue weighted by molar-refractivity contribution is 6.34. The monoisotopic (exact) mass is 353 g/mol. The molecule has 7 heteroatoms. The molecule has 1 atom stereocenters. The Morgan fingerprint density at radius 3 is 2.78 bits per heavy atom. The van der Waals surface area contributed by atoms with Gasteiger partial charge in [-0.1, -0.05) is 23.2 Å². The van der Waals surface area contributed by atoms with E-state index in [1.54, 1.807) is 43.3 Å². The maximum Gasteiger partial charge on any atom is 0.265 e. The van der Waals surface area contributed by atoms with Crippen molar-refractivity contribution in [1.82, 2.24) is 0 Å². The summed E-state index contributed by atoms with van der Waals surface area (Å²) in [4.78, 5) is 12.2. The van der Waals surface area contributed by atoms with Crippen LogP contribution in [0.1, 0.15) is 6.92 Å². The fourth-order valence-corrected chi connectivity index (χ4v) is 2.35. The predicted octanol–water partition coefficient (Wildman–Crippen LogP) is 4.13. The van der Waals surface area contributed by atoms with E-state index in [4.69, 9.17) is 37.4 Å². The van der Waals surface area contributed by atoms with Gasteiger partial charge in [0.15, 0.2) is 17.6 Å². The lowest BCUT2D eigenvalue weighted by atomic mass is 10.2. The summed E-state index contributed by atoms with van der Waals surface area (Å²) < 4.78 is 16.1. The number of fused-ring (bicyclic) bond motifs is 1. The number of rotatable bonds is 4. The quantitative estimate of drug-likeness (QED) is 0.897. The SMILES string of the molecule is C[C@@H](Oc1cc(Cl)ccc1Cl)C(=O)Nc1ccc2c(c1)OCO2. The van der Waals surface area contributed by atoms with Crippen molar-refractivity contribution < 1.29 is 19.0 Å². The number of hydrogen-bond acceptors (Lipinski definition) is 4. The highest BCUT2D eigenvalue weighted by Crippen LogP contribution is 2.34.